The Balaban J connectivity index is 1.90. The molecule has 3 rings (SSSR count). The van der Waals surface area contributed by atoms with Crippen LogP contribution in [0.15, 0.2) is 42.5 Å². The van der Waals surface area contributed by atoms with Gasteiger partial charge in [0.05, 0.1) is 0 Å². The van der Waals surface area contributed by atoms with Gasteiger partial charge in [-0.2, -0.15) is 0 Å². The van der Waals surface area contributed by atoms with Gasteiger partial charge < -0.3 is 5.32 Å². The molecule has 1 N–H and O–H groups in total. The van der Waals surface area contributed by atoms with Gasteiger partial charge in [0.15, 0.2) is 0 Å². The number of rotatable bonds is 3. The largest absolute Gasteiger partial charge is 0.384 e. The van der Waals surface area contributed by atoms with Crippen molar-refractivity contribution in [3.8, 4) is 11.1 Å². The monoisotopic (exact) mass is 251 g/mol. The molecule has 1 aliphatic heterocycles. The SMILES string of the molecule is CCC(C)c1ccc(-c2ccc3c(c2)NCC3)cc1. The Morgan fingerprint density at radius 1 is 1.05 bits per heavy atom. The predicted molar refractivity (Wildman–Crippen MR) is 82.8 cm³/mol. The summed E-state index contributed by atoms with van der Waals surface area (Å²) in [6.07, 6.45) is 2.35. The van der Waals surface area contributed by atoms with Gasteiger partial charge in [-0.05, 0) is 47.1 Å². The van der Waals surface area contributed by atoms with Crippen LogP contribution in [0.1, 0.15) is 37.3 Å². The highest BCUT2D eigenvalue weighted by Gasteiger charge is 2.10. The summed E-state index contributed by atoms with van der Waals surface area (Å²) < 4.78 is 0. The Kier molecular flexibility index (Phi) is 3.29. The lowest BCUT2D eigenvalue weighted by molar-refractivity contribution is 0.734. The van der Waals surface area contributed by atoms with Crippen molar-refractivity contribution in [3.05, 3.63) is 53.6 Å². The molecule has 0 radical (unpaired) electrons. The van der Waals surface area contributed by atoms with Crippen molar-refractivity contribution in [2.45, 2.75) is 32.6 Å². The van der Waals surface area contributed by atoms with E-state index in [4.69, 9.17) is 0 Å². The topological polar surface area (TPSA) is 12.0 Å². The minimum absolute atomic E-state index is 0.649. The zero-order valence-corrected chi connectivity index (χ0v) is 11.7. The first-order valence-corrected chi connectivity index (χ1v) is 7.25. The fraction of sp³-hybridized carbons (Fsp3) is 0.333. The molecule has 19 heavy (non-hydrogen) atoms. The number of hydrogen-bond acceptors (Lipinski definition) is 1. The molecule has 0 aliphatic carbocycles. The summed E-state index contributed by atoms with van der Waals surface area (Å²) in [7, 11) is 0. The summed E-state index contributed by atoms with van der Waals surface area (Å²) in [5.74, 6) is 0.649. The molecule has 0 bridgehead atoms. The fourth-order valence-electron chi connectivity index (χ4n) is 2.71. The average molecular weight is 251 g/mol. The quantitative estimate of drug-likeness (QED) is 0.823. The van der Waals surface area contributed by atoms with Gasteiger partial charge in [-0.15, -0.1) is 0 Å². The van der Waals surface area contributed by atoms with Crippen LogP contribution in [0.4, 0.5) is 5.69 Å². The molecule has 98 valence electrons. The molecule has 0 amide bonds. The minimum Gasteiger partial charge on any atom is -0.384 e. The van der Waals surface area contributed by atoms with E-state index in [1.807, 2.05) is 0 Å². The van der Waals surface area contributed by atoms with Gasteiger partial charge >= 0.3 is 0 Å². The van der Waals surface area contributed by atoms with E-state index in [1.165, 1.54) is 34.4 Å². The Hall–Kier alpha value is -1.76. The van der Waals surface area contributed by atoms with Gasteiger partial charge in [0.2, 0.25) is 0 Å². The molecule has 0 aromatic heterocycles. The van der Waals surface area contributed by atoms with Crippen LogP contribution in [-0.4, -0.2) is 6.54 Å². The van der Waals surface area contributed by atoms with Crippen molar-refractivity contribution >= 4 is 5.69 Å². The Morgan fingerprint density at radius 2 is 1.79 bits per heavy atom. The standard InChI is InChI=1S/C18H21N/c1-3-13(2)14-4-6-15(7-5-14)17-9-8-16-10-11-19-18(16)12-17/h4-9,12-13,19H,3,10-11H2,1-2H3. The molecule has 0 saturated carbocycles. The molecule has 0 saturated heterocycles. The van der Waals surface area contributed by atoms with Gasteiger partial charge in [0.25, 0.3) is 0 Å². The second-order valence-corrected chi connectivity index (χ2v) is 5.48. The van der Waals surface area contributed by atoms with E-state index in [-0.39, 0.29) is 0 Å². The highest BCUT2D eigenvalue weighted by molar-refractivity contribution is 5.71. The summed E-state index contributed by atoms with van der Waals surface area (Å²) >= 11 is 0. The molecule has 1 nitrogen and oxygen atoms in total. The van der Waals surface area contributed by atoms with Crippen LogP contribution in [0.25, 0.3) is 11.1 Å². The molecule has 1 unspecified atom stereocenters. The molecule has 1 heteroatoms. The Morgan fingerprint density at radius 3 is 2.53 bits per heavy atom. The van der Waals surface area contributed by atoms with Crippen LogP contribution < -0.4 is 5.32 Å². The number of anilines is 1. The summed E-state index contributed by atoms with van der Waals surface area (Å²) in [5, 5.41) is 3.45. The molecule has 2 aromatic carbocycles. The predicted octanol–water partition coefficient (Wildman–Crippen LogP) is 4.84. The molecular weight excluding hydrogens is 230 g/mol. The second kappa shape index (κ2) is 5.08. The summed E-state index contributed by atoms with van der Waals surface area (Å²) in [4.78, 5) is 0. The lowest BCUT2D eigenvalue weighted by Gasteiger charge is -2.10. The fourth-order valence-corrected chi connectivity index (χ4v) is 2.71. The van der Waals surface area contributed by atoms with E-state index in [0.29, 0.717) is 5.92 Å². The lowest BCUT2D eigenvalue weighted by atomic mass is 9.95. The lowest BCUT2D eigenvalue weighted by Crippen LogP contribution is -1.92. The zero-order valence-electron chi connectivity index (χ0n) is 11.7. The van der Waals surface area contributed by atoms with Gasteiger partial charge in [0, 0.05) is 12.2 Å². The van der Waals surface area contributed by atoms with Crippen molar-refractivity contribution in [1.29, 1.82) is 0 Å². The number of nitrogens with one attached hydrogen (secondary N) is 1. The van der Waals surface area contributed by atoms with E-state index in [1.54, 1.807) is 0 Å². The highest BCUT2D eigenvalue weighted by Crippen LogP contribution is 2.30. The Bertz CT molecular complexity index is 569. The van der Waals surface area contributed by atoms with Gasteiger partial charge in [-0.25, -0.2) is 0 Å². The molecule has 0 fully saturated rings. The average Bonchev–Trinajstić information content (AvgIpc) is 2.94. The van der Waals surface area contributed by atoms with E-state index >= 15 is 0 Å². The summed E-state index contributed by atoms with van der Waals surface area (Å²) in [5.41, 5.74) is 6.81. The summed E-state index contributed by atoms with van der Waals surface area (Å²) in [6, 6.07) is 15.8. The van der Waals surface area contributed by atoms with E-state index in [2.05, 4.69) is 61.6 Å². The smallest absolute Gasteiger partial charge is 0.0379 e. The van der Waals surface area contributed by atoms with E-state index < -0.39 is 0 Å². The van der Waals surface area contributed by atoms with Crippen LogP contribution >= 0.6 is 0 Å². The van der Waals surface area contributed by atoms with Crippen molar-refractivity contribution in [2.24, 2.45) is 0 Å². The van der Waals surface area contributed by atoms with Crippen LogP contribution in [0.2, 0.25) is 0 Å². The molecule has 1 atom stereocenters. The van der Waals surface area contributed by atoms with Gasteiger partial charge in [-0.3, -0.25) is 0 Å². The Labute approximate surface area is 115 Å². The third kappa shape index (κ3) is 2.37. The first-order chi connectivity index (χ1) is 9.28. The third-order valence-electron chi connectivity index (χ3n) is 4.25. The minimum atomic E-state index is 0.649. The van der Waals surface area contributed by atoms with Crippen LogP contribution in [0.3, 0.4) is 0 Å². The maximum absolute atomic E-state index is 3.45. The van der Waals surface area contributed by atoms with Gasteiger partial charge in [0.1, 0.15) is 0 Å². The number of fused-ring (bicyclic) bond motifs is 1. The van der Waals surface area contributed by atoms with Crippen molar-refractivity contribution in [2.75, 3.05) is 11.9 Å². The normalized spacial score (nSPS) is 14.8. The highest BCUT2D eigenvalue weighted by atomic mass is 14.9. The summed E-state index contributed by atoms with van der Waals surface area (Å²) in [6.45, 7) is 5.60. The number of benzene rings is 2. The zero-order chi connectivity index (χ0) is 13.2. The van der Waals surface area contributed by atoms with Crippen LogP contribution in [0, 0.1) is 0 Å². The maximum atomic E-state index is 3.45. The number of hydrogen-bond donors (Lipinski definition) is 1. The molecular formula is C18H21N. The van der Waals surface area contributed by atoms with E-state index in [0.717, 1.165) is 13.0 Å². The van der Waals surface area contributed by atoms with Crippen molar-refractivity contribution < 1.29 is 0 Å². The molecule has 1 aliphatic rings. The molecule has 1 heterocycles. The van der Waals surface area contributed by atoms with Crippen molar-refractivity contribution in [3.63, 3.8) is 0 Å². The maximum Gasteiger partial charge on any atom is 0.0379 e. The van der Waals surface area contributed by atoms with Gasteiger partial charge in [-0.1, -0.05) is 50.2 Å². The first-order valence-electron chi connectivity index (χ1n) is 7.25. The van der Waals surface area contributed by atoms with E-state index in [9.17, 15) is 0 Å². The van der Waals surface area contributed by atoms with Crippen LogP contribution in [0.5, 0.6) is 0 Å². The molecule has 0 spiro atoms. The first kappa shape index (κ1) is 12.3. The second-order valence-electron chi connectivity index (χ2n) is 5.48. The molecule has 2 aromatic rings. The van der Waals surface area contributed by atoms with Crippen LogP contribution in [-0.2, 0) is 6.42 Å². The van der Waals surface area contributed by atoms with Crippen molar-refractivity contribution in [1.82, 2.24) is 0 Å². The third-order valence-corrected chi connectivity index (χ3v) is 4.25.